The molecular formula is C17H21NO4S. The second kappa shape index (κ2) is 5.51. The Bertz CT molecular complexity index is 739. The molecule has 6 heteroatoms. The number of carbonyl (C=O) groups is 1. The summed E-state index contributed by atoms with van der Waals surface area (Å²) in [4.78, 5) is 14.7. The van der Waals surface area contributed by atoms with Crippen molar-refractivity contribution in [2.24, 2.45) is 0 Å². The van der Waals surface area contributed by atoms with Gasteiger partial charge in [-0.15, -0.1) is 0 Å². The summed E-state index contributed by atoms with van der Waals surface area (Å²) < 4.78 is 29.0. The van der Waals surface area contributed by atoms with Crippen molar-refractivity contribution < 1.29 is 17.9 Å². The normalized spacial score (nSPS) is 25.0. The Hall–Kier alpha value is -1.56. The number of amides is 1. The summed E-state index contributed by atoms with van der Waals surface area (Å²) in [5, 5.41) is 0. The average molecular weight is 335 g/mol. The lowest BCUT2D eigenvalue weighted by molar-refractivity contribution is -0.133. The van der Waals surface area contributed by atoms with Gasteiger partial charge in [-0.2, -0.15) is 0 Å². The van der Waals surface area contributed by atoms with Gasteiger partial charge in [-0.1, -0.05) is 12.1 Å². The number of nitrogens with zero attached hydrogens (tertiary/aromatic N) is 1. The van der Waals surface area contributed by atoms with Crippen molar-refractivity contribution in [1.29, 1.82) is 0 Å². The van der Waals surface area contributed by atoms with E-state index in [1.165, 1.54) is 0 Å². The first kappa shape index (κ1) is 15.0. The quantitative estimate of drug-likeness (QED) is 0.833. The number of fused-ring (bicyclic) bond motifs is 1. The molecule has 1 unspecified atom stereocenters. The molecule has 5 nitrogen and oxygen atoms in total. The molecule has 1 saturated carbocycles. The van der Waals surface area contributed by atoms with E-state index in [9.17, 15) is 13.2 Å². The highest BCUT2D eigenvalue weighted by molar-refractivity contribution is 7.91. The minimum absolute atomic E-state index is 0.0634. The van der Waals surface area contributed by atoms with E-state index in [0.717, 1.165) is 36.1 Å². The Morgan fingerprint density at radius 2 is 2.04 bits per heavy atom. The van der Waals surface area contributed by atoms with E-state index in [-0.39, 0.29) is 29.5 Å². The standard InChI is InChI=1S/C17H21NO4S/c19-17(10-12-1-4-16-13(9-12)5-7-22-16)18(14-2-3-14)15-6-8-23(20,21)11-15/h1,4,9,14-15H,2-3,5-8,10-11H2. The lowest BCUT2D eigenvalue weighted by atomic mass is 10.0. The van der Waals surface area contributed by atoms with Crippen molar-refractivity contribution in [3.63, 3.8) is 0 Å². The van der Waals surface area contributed by atoms with Crippen LogP contribution >= 0.6 is 0 Å². The zero-order valence-corrected chi connectivity index (χ0v) is 13.8. The molecule has 1 aliphatic carbocycles. The molecule has 4 rings (SSSR count). The third-order valence-corrected chi connectivity index (χ3v) is 6.69. The van der Waals surface area contributed by atoms with E-state index < -0.39 is 9.84 Å². The molecule has 1 aromatic carbocycles. The summed E-state index contributed by atoms with van der Waals surface area (Å²) in [6.07, 6.45) is 3.83. The molecule has 2 heterocycles. The van der Waals surface area contributed by atoms with E-state index in [4.69, 9.17) is 4.74 Å². The van der Waals surface area contributed by atoms with Gasteiger partial charge in [0.1, 0.15) is 5.75 Å². The van der Waals surface area contributed by atoms with Crippen LogP contribution in [0, 0.1) is 0 Å². The van der Waals surface area contributed by atoms with Gasteiger partial charge in [0, 0.05) is 18.5 Å². The van der Waals surface area contributed by atoms with Crippen LogP contribution in [0.2, 0.25) is 0 Å². The first-order chi connectivity index (χ1) is 11.0. The highest BCUT2D eigenvalue weighted by Gasteiger charge is 2.41. The molecule has 0 aromatic heterocycles. The molecule has 124 valence electrons. The summed E-state index contributed by atoms with van der Waals surface area (Å²) in [5.74, 6) is 1.33. The van der Waals surface area contributed by atoms with Crippen molar-refractivity contribution >= 4 is 15.7 Å². The highest BCUT2D eigenvalue weighted by Crippen LogP contribution is 2.33. The van der Waals surface area contributed by atoms with E-state index in [1.807, 2.05) is 17.0 Å². The van der Waals surface area contributed by atoms with Gasteiger partial charge >= 0.3 is 0 Å². The number of carbonyl (C=O) groups excluding carboxylic acids is 1. The maximum absolute atomic E-state index is 12.8. The Kier molecular flexibility index (Phi) is 3.59. The van der Waals surface area contributed by atoms with Crippen LogP contribution in [0.1, 0.15) is 30.4 Å². The van der Waals surface area contributed by atoms with Crippen LogP contribution in [-0.4, -0.2) is 49.4 Å². The molecule has 1 saturated heterocycles. The van der Waals surface area contributed by atoms with E-state index in [1.54, 1.807) is 0 Å². The van der Waals surface area contributed by atoms with Crippen LogP contribution in [0.15, 0.2) is 18.2 Å². The summed E-state index contributed by atoms with van der Waals surface area (Å²) in [6.45, 7) is 0.709. The van der Waals surface area contributed by atoms with Crippen LogP contribution in [-0.2, 0) is 27.5 Å². The largest absolute Gasteiger partial charge is 0.493 e. The Balaban J connectivity index is 1.50. The van der Waals surface area contributed by atoms with Gasteiger partial charge in [0.05, 0.1) is 24.5 Å². The molecular weight excluding hydrogens is 314 g/mol. The van der Waals surface area contributed by atoms with Crippen molar-refractivity contribution in [3.8, 4) is 5.75 Å². The maximum Gasteiger partial charge on any atom is 0.227 e. The fourth-order valence-electron chi connectivity index (χ4n) is 3.67. The van der Waals surface area contributed by atoms with Crippen molar-refractivity contribution in [1.82, 2.24) is 4.90 Å². The number of sulfone groups is 1. The smallest absolute Gasteiger partial charge is 0.227 e. The maximum atomic E-state index is 12.8. The topological polar surface area (TPSA) is 63.7 Å². The van der Waals surface area contributed by atoms with Crippen LogP contribution in [0.5, 0.6) is 5.75 Å². The minimum Gasteiger partial charge on any atom is -0.493 e. The summed E-state index contributed by atoms with van der Waals surface area (Å²) >= 11 is 0. The molecule has 2 fully saturated rings. The van der Waals surface area contributed by atoms with Crippen LogP contribution in [0.3, 0.4) is 0 Å². The van der Waals surface area contributed by atoms with Crippen LogP contribution in [0.4, 0.5) is 0 Å². The molecule has 1 aromatic rings. The highest BCUT2D eigenvalue weighted by atomic mass is 32.2. The summed E-state index contributed by atoms with van der Waals surface area (Å²) in [6, 6.07) is 6.05. The summed E-state index contributed by atoms with van der Waals surface area (Å²) in [7, 11) is -2.97. The van der Waals surface area contributed by atoms with Gasteiger partial charge in [-0.3, -0.25) is 4.79 Å². The zero-order valence-electron chi connectivity index (χ0n) is 13.0. The number of benzene rings is 1. The van der Waals surface area contributed by atoms with Crippen LogP contribution < -0.4 is 4.74 Å². The van der Waals surface area contributed by atoms with Crippen molar-refractivity contribution in [2.45, 2.75) is 44.2 Å². The zero-order chi connectivity index (χ0) is 16.0. The van der Waals surface area contributed by atoms with Gasteiger partial charge in [-0.05, 0) is 36.5 Å². The van der Waals surface area contributed by atoms with Crippen LogP contribution in [0.25, 0.3) is 0 Å². The van der Waals surface area contributed by atoms with Gasteiger partial charge in [0.2, 0.25) is 5.91 Å². The number of hydrogen-bond acceptors (Lipinski definition) is 4. The van der Waals surface area contributed by atoms with Crippen molar-refractivity contribution in [2.75, 3.05) is 18.1 Å². The first-order valence-corrected chi connectivity index (χ1v) is 10.1. The molecule has 0 radical (unpaired) electrons. The number of hydrogen-bond donors (Lipinski definition) is 0. The van der Waals surface area contributed by atoms with E-state index in [0.29, 0.717) is 19.4 Å². The summed E-state index contributed by atoms with van der Waals surface area (Å²) in [5.41, 5.74) is 2.16. The van der Waals surface area contributed by atoms with Gasteiger partial charge in [-0.25, -0.2) is 8.42 Å². The van der Waals surface area contributed by atoms with E-state index >= 15 is 0 Å². The van der Waals surface area contributed by atoms with Gasteiger partial charge in [0.15, 0.2) is 9.84 Å². The lowest BCUT2D eigenvalue weighted by Gasteiger charge is -2.28. The number of ether oxygens (including phenoxy) is 1. The van der Waals surface area contributed by atoms with Gasteiger partial charge in [0.25, 0.3) is 0 Å². The molecule has 0 N–H and O–H groups in total. The monoisotopic (exact) mass is 335 g/mol. The fraction of sp³-hybridized carbons (Fsp3) is 0.588. The first-order valence-electron chi connectivity index (χ1n) is 8.28. The molecule has 0 bridgehead atoms. The Labute approximate surface area is 136 Å². The second-order valence-electron chi connectivity index (χ2n) is 6.81. The average Bonchev–Trinajstić information content (AvgIpc) is 3.09. The molecule has 2 aliphatic heterocycles. The molecule has 1 atom stereocenters. The van der Waals surface area contributed by atoms with Crippen molar-refractivity contribution in [3.05, 3.63) is 29.3 Å². The van der Waals surface area contributed by atoms with Gasteiger partial charge < -0.3 is 9.64 Å². The predicted octanol–water partition coefficient (Wildman–Crippen LogP) is 1.34. The fourth-order valence-corrected chi connectivity index (χ4v) is 5.38. The molecule has 3 aliphatic rings. The Morgan fingerprint density at radius 3 is 2.74 bits per heavy atom. The van der Waals surface area contributed by atoms with E-state index in [2.05, 4.69) is 6.07 Å². The number of rotatable bonds is 4. The third kappa shape index (κ3) is 3.09. The minimum atomic E-state index is -2.97. The molecule has 1 amide bonds. The second-order valence-corrected chi connectivity index (χ2v) is 9.04. The Morgan fingerprint density at radius 1 is 1.22 bits per heavy atom. The lowest BCUT2D eigenvalue weighted by Crippen LogP contribution is -2.43. The third-order valence-electron chi connectivity index (χ3n) is 4.94. The predicted molar refractivity (Wildman–Crippen MR) is 86.3 cm³/mol. The molecule has 23 heavy (non-hydrogen) atoms. The molecule has 0 spiro atoms. The SMILES string of the molecule is O=C(Cc1ccc2c(c1)CCO2)N(C1CC1)C1CCS(=O)(=O)C1.